The Kier molecular flexibility index (Phi) is 7.48. The molecule has 1 aliphatic heterocycles. The Balaban J connectivity index is 1.52. The summed E-state index contributed by atoms with van der Waals surface area (Å²) in [4.78, 5) is 22.5. The Morgan fingerprint density at radius 1 is 0.941 bits per heavy atom. The Hall–Kier alpha value is -3.38. The van der Waals surface area contributed by atoms with E-state index >= 15 is 0 Å². The van der Waals surface area contributed by atoms with E-state index in [2.05, 4.69) is 62.5 Å². The van der Waals surface area contributed by atoms with Gasteiger partial charge in [-0.05, 0) is 80.8 Å². The molecule has 6 heteroatoms. The van der Waals surface area contributed by atoms with Crippen molar-refractivity contribution < 1.29 is 9.53 Å². The molecule has 0 unspecified atom stereocenters. The van der Waals surface area contributed by atoms with Gasteiger partial charge in [-0.1, -0.05) is 29.8 Å². The van der Waals surface area contributed by atoms with E-state index in [0.717, 1.165) is 39.1 Å². The Morgan fingerprint density at radius 3 is 2.24 bits per heavy atom. The van der Waals surface area contributed by atoms with Gasteiger partial charge in [0.2, 0.25) is 5.91 Å². The first-order valence-electron chi connectivity index (χ1n) is 11.4. The molecule has 1 amide bonds. The number of benzene rings is 3. The number of anilines is 1. The summed E-state index contributed by atoms with van der Waals surface area (Å²) < 4.78 is 5.46. The van der Waals surface area contributed by atoms with Crippen molar-refractivity contribution >= 4 is 45.5 Å². The fourth-order valence-corrected chi connectivity index (χ4v) is 4.38. The number of amides is 1. The number of aliphatic imine (C=N–C) groups is 2. The van der Waals surface area contributed by atoms with Gasteiger partial charge in [0.25, 0.3) is 0 Å². The summed E-state index contributed by atoms with van der Waals surface area (Å²) in [5, 5.41) is 3.83. The zero-order valence-corrected chi connectivity index (χ0v) is 20.8. The molecule has 5 nitrogen and oxygen atoms in total. The van der Waals surface area contributed by atoms with E-state index in [1.165, 1.54) is 28.5 Å². The van der Waals surface area contributed by atoms with Crippen LogP contribution in [0.3, 0.4) is 0 Å². The number of nitrogens with one attached hydrogen (secondary N) is 1. The van der Waals surface area contributed by atoms with Crippen molar-refractivity contribution in [3.8, 4) is 5.75 Å². The van der Waals surface area contributed by atoms with Crippen LogP contribution in [0.5, 0.6) is 5.75 Å². The number of rotatable bonds is 6. The highest BCUT2D eigenvalue weighted by molar-refractivity contribution is 8.14. The number of carbonyl (C=O) groups excluding carboxylic acids is 1. The monoisotopic (exact) mass is 471 g/mol. The van der Waals surface area contributed by atoms with Gasteiger partial charge >= 0.3 is 0 Å². The molecule has 0 saturated heterocycles. The van der Waals surface area contributed by atoms with Gasteiger partial charge in [0, 0.05) is 12.1 Å². The van der Waals surface area contributed by atoms with E-state index in [1.807, 2.05) is 31.2 Å². The highest BCUT2D eigenvalue weighted by Crippen LogP contribution is 2.36. The predicted octanol–water partition coefficient (Wildman–Crippen LogP) is 6.94. The number of aryl methyl sites for hydroxylation is 3. The maximum atomic E-state index is 12.6. The van der Waals surface area contributed by atoms with Gasteiger partial charge in [-0.3, -0.25) is 9.79 Å². The van der Waals surface area contributed by atoms with Gasteiger partial charge < -0.3 is 10.1 Å². The molecule has 1 N–H and O–H groups in total. The average Bonchev–Trinajstić information content (AvgIpc) is 2.99. The van der Waals surface area contributed by atoms with E-state index in [1.54, 1.807) is 0 Å². The number of hydrogen-bond donors (Lipinski definition) is 1. The van der Waals surface area contributed by atoms with Crippen LogP contribution in [0, 0.1) is 20.8 Å². The van der Waals surface area contributed by atoms with Crippen molar-refractivity contribution in [1.82, 2.24) is 0 Å². The molecule has 1 heterocycles. The maximum absolute atomic E-state index is 12.6. The van der Waals surface area contributed by atoms with Crippen LogP contribution in [0.15, 0.2) is 70.6 Å². The van der Waals surface area contributed by atoms with Crippen LogP contribution in [0.25, 0.3) is 0 Å². The van der Waals surface area contributed by atoms with Gasteiger partial charge in [-0.25, -0.2) is 4.99 Å². The van der Waals surface area contributed by atoms with Crippen LogP contribution in [-0.2, 0) is 4.79 Å². The first-order valence-corrected chi connectivity index (χ1v) is 12.4. The third-order valence-electron chi connectivity index (χ3n) is 5.61. The third kappa shape index (κ3) is 5.94. The largest absolute Gasteiger partial charge is 0.494 e. The van der Waals surface area contributed by atoms with E-state index in [-0.39, 0.29) is 11.7 Å². The lowest BCUT2D eigenvalue weighted by Gasteiger charge is -2.09. The number of carbonyl (C=O) groups is 1. The zero-order valence-electron chi connectivity index (χ0n) is 20.0. The molecule has 0 atom stereocenters. The van der Waals surface area contributed by atoms with E-state index in [4.69, 9.17) is 14.7 Å². The van der Waals surface area contributed by atoms with Crippen molar-refractivity contribution in [2.75, 3.05) is 17.7 Å². The Bertz CT molecular complexity index is 1250. The van der Waals surface area contributed by atoms with Gasteiger partial charge in [0.15, 0.2) is 0 Å². The first-order chi connectivity index (χ1) is 16.4. The van der Waals surface area contributed by atoms with Crippen molar-refractivity contribution in [3.63, 3.8) is 0 Å². The SMILES string of the molecule is CCOc1ccc(NC(=O)CSC2=Nc3cc(C)c(C)cc3N=C(c3ccc(C)cc3)C2)cc1. The average molecular weight is 472 g/mol. The molecule has 34 heavy (non-hydrogen) atoms. The molecule has 0 spiro atoms. The van der Waals surface area contributed by atoms with Crippen LogP contribution in [0.4, 0.5) is 17.1 Å². The first kappa shape index (κ1) is 23.8. The molecule has 0 saturated carbocycles. The Morgan fingerprint density at radius 2 is 1.59 bits per heavy atom. The molecule has 1 aliphatic rings. The van der Waals surface area contributed by atoms with Crippen molar-refractivity contribution in [1.29, 1.82) is 0 Å². The zero-order chi connectivity index (χ0) is 24.1. The summed E-state index contributed by atoms with van der Waals surface area (Å²) in [7, 11) is 0. The van der Waals surface area contributed by atoms with Crippen LogP contribution < -0.4 is 10.1 Å². The van der Waals surface area contributed by atoms with Crippen molar-refractivity contribution in [3.05, 3.63) is 82.9 Å². The number of nitrogens with zero attached hydrogens (tertiary/aromatic N) is 2. The second-order valence-electron chi connectivity index (χ2n) is 8.33. The lowest BCUT2D eigenvalue weighted by Crippen LogP contribution is -2.16. The summed E-state index contributed by atoms with van der Waals surface area (Å²) in [5.41, 5.74) is 8.06. The van der Waals surface area contributed by atoms with E-state index in [0.29, 0.717) is 13.0 Å². The third-order valence-corrected chi connectivity index (χ3v) is 6.59. The molecule has 3 aromatic carbocycles. The number of ether oxygens (including phenoxy) is 1. The topological polar surface area (TPSA) is 63.0 Å². The molecule has 0 aliphatic carbocycles. The van der Waals surface area contributed by atoms with Crippen LogP contribution in [0.1, 0.15) is 35.6 Å². The smallest absolute Gasteiger partial charge is 0.234 e. The molecule has 174 valence electrons. The molecule has 4 rings (SSSR count). The lowest BCUT2D eigenvalue weighted by atomic mass is 10.1. The van der Waals surface area contributed by atoms with E-state index in [9.17, 15) is 4.79 Å². The molecule has 0 bridgehead atoms. The standard InChI is InChI=1S/C28H29N3O2S/c1-5-33-23-12-10-22(11-13-23)29-27(32)17-34-28-16-24(21-8-6-18(2)7-9-21)30-25-14-19(3)20(4)15-26(25)31-28/h6-15H,5,16-17H2,1-4H3,(H,29,32). The lowest BCUT2D eigenvalue weighted by molar-refractivity contribution is -0.113. The quantitative estimate of drug-likeness (QED) is 0.424. The highest BCUT2D eigenvalue weighted by Gasteiger charge is 2.17. The summed E-state index contributed by atoms with van der Waals surface area (Å²) in [6, 6.07) is 20.0. The molecular weight excluding hydrogens is 442 g/mol. The maximum Gasteiger partial charge on any atom is 0.234 e. The van der Waals surface area contributed by atoms with Gasteiger partial charge in [-0.15, -0.1) is 11.8 Å². The minimum atomic E-state index is -0.0739. The summed E-state index contributed by atoms with van der Waals surface area (Å²) in [5.74, 6) is 0.984. The Labute approximate surface area is 205 Å². The van der Waals surface area contributed by atoms with E-state index < -0.39 is 0 Å². The van der Waals surface area contributed by atoms with Crippen LogP contribution in [0.2, 0.25) is 0 Å². The summed E-state index contributed by atoms with van der Waals surface area (Å²) in [6.07, 6.45) is 0.580. The fraction of sp³-hybridized carbons (Fsp3) is 0.250. The predicted molar refractivity (Wildman–Crippen MR) is 144 cm³/mol. The molecule has 0 aromatic heterocycles. The number of thioether (sulfide) groups is 1. The summed E-state index contributed by atoms with van der Waals surface area (Å²) in [6.45, 7) is 8.80. The second-order valence-corrected chi connectivity index (χ2v) is 9.37. The van der Waals surface area contributed by atoms with Gasteiger partial charge in [0.05, 0.1) is 34.5 Å². The minimum Gasteiger partial charge on any atom is -0.494 e. The second kappa shape index (κ2) is 10.7. The number of fused-ring (bicyclic) bond motifs is 1. The molecule has 3 aromatic rings. The van der Waals surface area contributed by atoms with Crippen molar-refractivity contribution in [2.24, 2.45) is 9.98 Å². The van der Waals surface area contributed by atoms with Crippen LogP contribution >= 0.6 is 11.8 Å². The molecule has 0 radical (unpaired) electrons. The normalized spacial score (nSPS) is 12.8. The molecular formula is C28H29N3O2S. The number of hydrogen-bond acceptors (Lipinski definition) is 5. The van der Waals surface area contributed by atoms with Gasteiger partial charge in [0.1, 0.15) is 5.75 Å². The fourth-order valence-electron chi connectivity index (χ4n) is 3.61. The summed E-state index contributed by atoms with van der Waals surface area (Å²) >= 11 is 1.46. The minimum absolute atomic E-state index is 0.0739. The van der Waals surface area contributed by atoms with Gasteiger partial charge in [-0.2, -0.15) is 0 Å². The van der Waals surface area contributed by atoms with Crippen molar-refractivity contribution in [2.45, 2.75) is 34.1 Å². The van der Waals surface area contributed by atoms with Crippen LogP contribution in [-0.4, -0.2) is 29.0 Å². The molecule has 0 fully saturated rings. The highest BCUT2D eigenvalue weighted by atomic mass is 32.2.